The van der Waals surface area contributed by atoms with E-state index in [1.54, 1.807) is 11.3 Å². The second-order valence-corrected chi connectivity index (χ2v) is 6.18. The fraction of sp³-hybridized carbons (Fsp3) is 0.500. The van der Waals surface area contributed by atoms with Gasteiger partial charge in [0, 0.05) is 6.42 Å². The van der Waals surface area contributed by atoms with E-state index in [9.17, 15) is 0 Å². The Hall–Kier alpha value is -1.26. The summed E-state index contributed by atoms with van der Waals surface area (Å²) in [5.41, 5.74) is 7.33. The average molecular weight is 289 g/mol. The van der Waals surface area contributed by atoms with Gasteiger partial charge in [0.25, 0.3) is 0 Å². The normalized spacial score (nSPS) is 12.5. The Morgan fingerprint density at radius 3 is 2.55 bits per heavy atom. The molecule has 2 N–H and O–H groups in total. The predicted octanol–water partition coefficient (Wildman–Crippen LogP) is 4.10. The lowest BCUT2D eigenvalue weighted by atomic mass is 10.1. The average Bonchev–Trinajstić information content (AvgIpc) is 2.96. The van der Waals surface area contributed by atoms with Gasteiger partial charge >= 0.3 is 0 Å². The van der Waals surface area contributed by atoms with Gasteiger partial charge in [-0.25, -0.2) is 0 Å². The molecular formula is C16H23N3S. The van der Waals surface area contributed by atoms with Crippen LogP contribution in [0.1, 0.15) is 60.6 Å². The molecule has 3 nitrogen and oxygen atoms in total. The lowest BCUT2D eigenvalue weighted by Gasteiger charge is -2.06. The Bertz CT molecular complexity index is 495. The van der Waals surface area contributed by atoms with E-state index in [0.717, 1.165) is 22.0 Å². The van der Waals surface area contributed by atoms with Crippen LogP contribution in [0.5, 0.6) is 0 Å². The van der Waals surface area contributed by atoms with Crippen LogP contribution < -0.4 is 5.73 Å². The molecule has 1 atom stereocenters. The van der Waals surface area contributed by atoms with Gasteiger partial charge in [-0.3, -0.25) is 0 Å². The maximum absolute atomic E-state index is 6.23. The Kier molecular flexibility index (Phi) is 6.15. The van der Waals surface area contributed by atoms with E-state index in [2.05, 4.69) is 17.1 Å². The maximum Gasteiger partial charge on any atom is 0.138 e. The Balaban J connectivity index is 1.85. The monoisotopic (exact) mass is 289 g/mol. The van der Waals surface area contributed by atoms with E-state index in [1.165, 1.54) is 32.1 Å². The fourth-order valence-corrected chi connectivity index (χ4v) is 3.09. The summed E-state index contributed by atoms with van der Waals surface area (Å²) in [4.78, 5) is 0. The molecule has 0 spiro atoms. The predicted molar refractivity (Wildman–Crippen MR) is 84.8 cm³/mol. The van der Waals surface area contributed by atoms with Gasteiger partial charge in [0.15, 0.2) is 0 Å². The van der Waals surface area contributed by atoms with E-state index in [-0.39, 0.29) is 6.04 Å². The molecule has 0 amide bonds. The molecule has 2 aromatic rings. The van der Waals surface area contributed by atoms with Crippen molar-refractivity contribution in [3.8, 4) is 0 Å². The molecule has 0 aliphatic heterocycles. The molecule has 0 radical (unpaired) electrons. The number of hydrogen-bond donors (Lipinski definition) is 1. The number of benzene rings is 1. The minimum absolute atomic E-state index is 0.150. The minimum Gasteiger partial charge on any atom is -0.318 e. The first-order valence-corrected chi connectivity index (χ1v) is 8.25. The van der Waals surface area contributed by atoms with Crippen molar-refractivity contribution in [1.29, 1.82) is 0 Å². The number of aryl methyl sites for hydroxylation is 1. The van der Waals surface area contributed by atoms with Gasteiger partial charge in [-0.05, 0) is 12.0 Å². The SMILES string of the molecule is CCCCCCCc1nnc(C(N)c2ccccc2)s1. The fourth-order valence-electron chi connectivity index (χ4n) is 2.18. The molecule has 0 fully saturated rings. The van der Waals surface area contributed by atoms with Crippen LogP contribution in [0.25, 0.3) is 0 Å². The van der Waals surface area contributed by atoms with Crippen molar-refractivity contribution in [2.75, 3.05) is 0 Å². The zero-order valence-electron chi connectivity index (χ0n) is 12.1. The van der Waals surface area contributed by atoms with Crippen molar-refractivity contribution < 1.29 is 0 Å². The number of unbranched alkanes of at least 4 members (excludes halogenated alkanes) is 4. The van der Waals surface area contributed by atoms with E-state index in [4.69, 9.17) is 5.73 Å². The molecule has 108 valence electrons. The third-order valence-electron chi connectivity index (χ3n) is 3.40. The van der Waals surface area contributed by atoms with Crippen LogP contribution in [0, 0.1) is 0 Å². The number of nitrogens with zero attached hydrogens (tertiary/aromatic N) is 2. The molecule has 1 heterocycles. The summed E-state index contributed by atoms with van der Waals surface area (Å²) >= 11 is 1.65. The lowest BCUT2D eigenvalue weighted by molar-refractivity contribution is 0.629. The second kappa shape index (κ2) is 8.12. The van der Waals surface area contributed by atoms with Gasteiger partial charge < -0.3 is 5.73 Å². The third kappa shape index (κ3) is 4.39. The Labute approximate surface area is 125 Å². The van der Waals surface area contributed by atoms with Crippen LogP contribution in [0.2, 0.25) is 0 Å². The summed E-state index contributed by atoms with van der Waals surface area (Å²) in [6.07, 6.45) is 7.46. The lowest BCUT2D eigenvalue weighted by Crippen LogP contribution is -2.11. The summed E-state index contributed by atoms with van der Waals surface area (Å²) in [7, 11) is 0. The van der Waals surface area contributed by atoms with E-state index in [1.807, 2.05) is 30.3 Å². The van der Waals surface area contributed by atoms with Crippen LogP contribution in [-0.2, 0) is 6.42 Å². The Morgan fingerprint density at radius 1 is 1.05 bits per heavy atom. The molecule has 20 heavy (non-hydrogen) atoms. The second-order valence-electron chi connectivity index (χ2n) is 5.09. The van der Waals surface area contributed by atoms with Crippen molar-refractivity contribution in [3.63, 3.8) is 0 Å². The number of rotatable bonds is 8. The Morgan fingerprint density at radius 2 is 1.80 bits per heavy atom. The van der Waals surface area contributed by atoms with Gasteiger partial charge in [0.05, 0.1) is 6.04 Å². The van der Waals surface area contributed by atoms with Crippen LogP contribution in [0.4, 0.5) is 0 Å². The van der Waals surface area contributed by atoms with Crippen LogP contribution in [0.3, 0.4) is 0 Å². The number of hydrogen-bond acceptors (Lipinski definition) is 4. The third-order valence-corrected chi connectivity index (χ3v) is 4.47. The highest BCUT2D eigenvalue weighted by Crippen LogP contribution is 2.23. The van der Waals surface area contributed by atoms with Crippen molar-refractivity contribution in [2.45, 2.75) is 51.5 Å². The first-order chi connectivity index (χ1) is 9.81. The summed E-state index contributed by atoms with van der Waals surface area (Å²) in [5, 5.41) is 10.6. The zero-order valence-corrected chi connectivity index (χ0v) is 12.9. The minimum atomic E-state index is -0.150. The molecule has 0 aliphatic rings. The number of aromatic nitrogens is 2. The molecule has 0 saturated carbocycles. The van der Waals surface area contributed by atoms with Gasteiger partial charge in [-0.2, -0.15) is 0 Å². The molecule has 0 bridgehead atoms. The summed E-state index contributed by atoms with van der Waals surface area (Å²) in [6.45, 7) is 2.24. The smallest absolute Gasteiger partial charge is 0.138 e. The quantitative estimate of drug-likeness (QED) is 0.744. The molecule has 1 aromatic carbocycles. The van der Waals surface area contributed by atoms with Crippen LogP contribution >= 0.6 is 11.3 Å². The standard InChI is InChI=1S/C16H23N3S/c1-2-3-4-5-9-12-14-18-19-16(20-14)15(17)13-10-7-6-8-11-13/h6-8,10-11,15H,2-5,9,12,17H2,1H3. The molecule has 1 aromatic heterocycles. The summed E-state index contributed by atoms with van der Waals surface area (Å²) in [6, 6.07) is 9.93. The van der Waals surface area contributed by atoms with Gasteiger partial charge in [0.1, 0.15) is 10.0 Å². The van der Waals surface area contributed by atoms with Crippen molar-refractivity contribution in [3.05, 3.63) is 45.9 Å². The molecule has 2 rings (SSSR count). The topological polar surface area (TPSA) is 51.8 Å². The first-order valence-electron chi connectivity index (χ1n) is 7.44. The van der Waals surface area contributed by atoms with Crippen LogP contribution in [0.15, 0.2) is 30.3 Å². The van der Waals surface area contributed by atoms with E-state index >= 15 is 0 Å². The highest BCUT2D eigenvalue weighted by atomic mass is 32.1. The molecule has 0 aliphatic carbocycles. The molecule has 4 heteroatoms. The van der Waals surface area contributed by atoms with Crippen LogP contribution in [-0.4, -0.2) is 10.2 Å². The van der Waals surface area contributed by atoms with Gasteiger partial charge in [-0.1, -0.05) is 74.3 Å². The van der Waals surface area contributed by atoms with Crippen molar-refractivity contribution in [1.82, 2.24) is 10.2 Å². The maximum atomic E-state index is 6.23. The summed E-state index contributed by atoms with van der Waals surface area (Å²) in [5.74, 6) is 0. The van der Waals surface area contributed by atoms with Crippen molar-refractivity contribution >= 4 is 11.3 Å². The van der Waals surface area contributed by atoms with Crippen molar-refractivity contribution in [2.24, 2.45) is 5.73 Å². The number of nitrogens with two attached hydrogens (primary N) is 1. The van der Waals surface area contributed by atoms with E-state index < -0.39 is 0 Å². The highest BCUT2D eigenvalue weighted by molar-refractivity contribution is 7.11. The molecule has 0 saturated heterocycles. The summed E-state index contributed by atoms with van der Waals surface area (Å²) < 4.78 is 0. The van der Waals surface area contributed by atoms with Gasteiger partial charge in [-0.15, -0.1) is 10.2 Å². The molecular weight excluding hydrogens is 266 g/mol. The zero-order chi connectivity index (χ0) is 14.2. The highest BCUT2D eigenvalue weighted by Gasteiger charge is 2.14. The van der Waals surface area contributed by atoms with E-state index in [0.29, 0.717) is 0 Å². The molecule has 1 unspecified atom stereocenters. The first kappa shape index (κ1) is 15.1. The van der Waals surface area contributed by atoms with Gasteiger partial charge in [0.2, 0.25) is 0 Å². The largest absolute Gasteiger partial charge is 0.318 e.